The smallest absolute Gasteiger partial charge is 0.323 e. The van der Waals surface area contributed by atoms with Crippen LogP contribution in [0.25, 0.3) is 0 Å². The number of carboxylic acid groups (broad SMARTS) is 1. The molecule has 1 heterocycles. The van der Waals surface area contributed by atoms with Crippen molar-refractivity contribution in [3.63, 3.8) is 0 Å². The van der Waals surface area contributed by atoms with E-state index in [1.807, 2.05) is 11.0 Å². The Morgan fingerprint density at radius 3 is 2.50 bits per heavy atom. The van der Waals surface area contributed by atoms with Gasteiger partial charge in [-0.05, 0) is 50.0 Å². The lowest BCUT2D eigenvalue weighted by atomic mass is 9.96. The molecule has 3 atom stereocenters. The maximum atomic E-state index is 13.1. The van der Waals surface area contributed by atoms with Crippen molar-refractivity contribution in [1.82, 2.24) is 9.80 Å². The first kappa shape index (κ1) is 20.4. The van der Waals surface area contributed by atoms with Crippen molar-refractivity contribution >= 4 is 17.8 Å². The molecular weight excluding hydrogens is 356 g/mol. The highest BCUT2D eigenvalue weighted by atomic mass is 16.4. The van der Waals surface area contributed by atoms with Crippen molar-refractivity contribution < 1.29 is 19.5 Å². The first-order valence-corrected chi connectivity index (χ1v) is 10.3. The van der Waals surface area contributed by atoms with Crippen LogP contribution in [0.5, 0.6) is 0 Å². The third-order valence-electron chi connectivity index (χ3n) is 6.21. The van der Waals surface area contributed by atoms with Gasteiger partial charge in [0, 0.05) is 32.0 Å². The molecule has 1 saturated carbocycles. The molecule has 1 unspecified atom stereocenters. The lowest BCUT2D eigenvalue weighted by molar-refractivity contribution is -0.145. The standard InChI is InChI=1S/C22H30N2O4/c1-16(25)24(15-21(26)27)20-8-5-12-23(13-11-20)22(28)19-10-9-18(14-19)17-6-3-2-4-7-17/h2-4,6-7,18-20H,5,8-15H2,1H3,(H,26,27)/t18-,19-,20?/m1/s1. The first-order valence-electron chi connectivity index (χ1n) is 10.3. The van der Waals surface area contributed by atoms with Gasteiger partial charge in [0.1, 0.15) is 6.54 Å². The Bertz CT molecular complexity index is 706. The molecule has 2 aliphatic rings. The van der Waals surface area contributed by atoms with Gasteiger partial charge in [-0.3, -0.25) is 14.4 Å². The number of aliphatic carboxylic acids is 1. The third kappa shape index (κ3) is 4.91. The fourth-order valence-corrected chi connectivity index (χ4v) is 4.75. The van der Waals surface area contributed by atoms with Crippen molar-refractivity contribution in [2.75, 3.05) is 19.6 Å². The van der Waals surface area contributed by atoms with E-state index in [-0.39, 0.29) is 30.3 Å². The number of nitrogens with zero attached hydrogens (tertiary/aromatic N) is 2. The quantitative estimate of drug-likeness (QED) is 0.844. The predicted molar refractivity (Wildman–Crippen MR) is 106 cm³/mol. The number of benzene rings is 1. The van der Waals surface area contributed by atoms with E-state index in [0.717, 1.165) is 32.1 Å². The maximum Gasteiger partial charge on any atom is 0.323 e. The molecular formula is C22H30N2O4. The number of amides is 2. The molecule has 2 amide bonds. The largest absolute Gasteiger partial charge is 0.480 e. The summed E-state index contributed by atoms with van der Waals surface area (Å²) in [7, 11) is 0. The van der Waals surface area contributed by atoms with Gasteiger partial charge in [0.2, 0.25) is 11.8 Å². The Labute approximate surface area is 166 Å². The van der Waals surface area contributed by atoms with E-state index in [9.17, 15) is 14.4 Å². The number of carbonyl (C=O) groups excluding carboxylic acids is 2. The number of carboxylic acids is 1. The lowest BCUT2D eigenvalue weighted by Gasteiger charge is -2.29. The van der Waals surface area contributed by atoms with Crippen LogP contribution >= 0.6 is 0 Å². The van der Waals surface area contributed by atoms with Crippen LogP contribution in [0.3, 0.4) is 0 Å². The van der Waals surface area contributed by atoms with E-state index in [0.29, 0.717) is 25.4 Å². The minimum Gasteiger partial charge on any atom is -0.480 e. The van der Waals surface area contributed by atoms with Gasteiger partial charge in [0.25, 0.3) is 0 Å². The average Bonchev–Trinajstić information content (AvgIpc) is 3.05. The number of likely N-dealkylation sites (tertiary alicyclic amines) is 1. The molecule has 0 spiro atoms. The minimum absolute atomic E-state index is 0.0738. The van der Waals surface area contributed by atoms with Gasteiger partial charge in [-0.2, -0.15) is 0 Å². The monoisotopic (exact) mass is 386 g/mol. The summed E-state index contributed by atoms with van der Waals surface area (Å²) in [6.07, 6.45) is 5.07. The zero-order valence-corrected chi connectivity index (χ0v) is 16.5. The zero-order chi connectivity index (χ0) is 20.1. The molecule has 1 aromatic rings. The summed E-state index contributed by atoms with van der Waals surface area (Å²) in [5.41, 5.74) is 1.32. The number of carbonyl (C=O) groups is 3. The molecule has 0 bridgehead atoms. The number of hydrogen-bond acceptors (Lipinski definition) is 3. The van der Waals surface area contributed by atoms with Crippen LogP contribution < -0.4 is 0 Å². The Morgan fingerprint density at radius 2 is 1.82 bits per heavy atom. The molecule has 1 aliphatic carbocycles. The molecule has 1 aromatic carbocycles. The van der Waals surface area contributed by atoms with Crippen LogP contribution in [0, 0.1) is 5.92 Å². The van der Waals surface area contributed by atoms with Crippen LogP contribution in [0.2, 0.25) is 0 Å². The fraction of sp³-hybridized carbons (Fsp3) is 0.591. The van der Waals surface area contributed by atoms with E-state index in [2.05, 4.69) is 24.3 Å². The minimum atomic E-state index is -0.995. The van der Waals surface area contributed by atoms with Crippen LogP contribution in [0.15, 0.2) is 30.3 Å². The lowest BCUT2D eigenvalue weighted by Crippen LogP contribution is -2.43. The SMILES string of the molecule is CC(=O)N(CC(=O)O)C1CCCN(C(=O)[C@@H]2CC[C@@H](c3ccccc3)C2)CC1. The highest BCUT2D eigenvalue weighted by Crippen LogP contribution is 2.39. The van der Waals surface area contributed by atoms with Gasteiger partial charge in [-0.15, -0.1) is 0 Å². The Hall–Kier alpha value is -2.37. The van der Waals surface area contributed by atoms with Gasteiger partial charge >= 0.3 is 5.97 Å². The molecule has 1 saturated heterocycles. The summed E-state index contributed by atoms with van der Waals surface area (Å²) in [4.78, 5) is 39.4. The van der Waals surface area contributed by atoms with Crippen LogP contribution in [0.1, 0.15) is 56.9 Å². The van der Waals surface area contributed by atoms with Gasteiger partial charge in [-0.1, -0.05) is 30.3 Å². The zero-order valence-electron chi connectivity index (χ0n) is 16.5. The number of hydrogen-bond donors (Lipinski definition) is 1. The van der Waals surface area contributed by atoms with Crippen LogP contribution in [-0.4, -0.2) is 58.4 Å². The summed E-state index contributed by atoms with van der Waals surface area (Å²) >= 11 is 0. The second-order valence-corrected chi connectivity index (χ2v) is 8.07. The van der Waals surface area contributed by atoms with E-state index in [1.54, 1.807) is 0 Å². The van der Waals surface area contributed by atoms with Crippen molar-refractivity contribution in [2.24, 2.45) is 5.92 Å². The van der Waals surface area contributed by atoms with Crippen molar-refractivity contribution in [3.05, 3.63) is 35.9 Å². The van der Waals surface area contributed by atoms with Crippen molar-refractivity contribution in [1.29, 1.82) is 0 Å². The molecule has 152 valence electrons. The highest BCUT2D eigenvalue weighted by Gasteiger charge is 2.35. The summed E-state index contributed by atoms with van der Waals surface area (Å²) in [6.45, 7) is 2.44. The maximum absolute atomic E-state index is 13.1. The summed E-state index contributed by atoms with van der Waals surface area (Å²) in [5, 5.41) is 9.08. The summed E-state index contributed by atoms with van der Waals surface area (Å²) in [5.74, 6) is -0.450. The predicted octanol–water partition coefficient (Wildman–Crippen LogP) is 2.88. The molecule has 6 heteroatoms. The van der Waals surface area contributed by atoms with E-state index in [1.165, 1.54) is 17.4 Å². The van der Waals surface area contributed by atoms with Crippen LogP contribution in [-0.2, 0) is 14.4 Å². The molecule has 0 radical (unpaired) electrons. The number of rotatable bonds is 5. The van der Waals surface area contributed by atoms with E-state index in [4.69, 9.17) is 5.11 Å². The van der Waals surface area contributed by atoms with Gasteiger partial charge in [0.05, 0.1) is 0 Å². The summed E-state index contributed by atoms with van der Waals surface area (Å²) in [6, 6.07) is 10.3. The molecule has 3 rings (SSSR count). The normalized spacial score (nSPS) is 25.2. The third-order valence-corrected chi connectivity index (χ3v) is 6.21. The topological polar surface area (TPSA) is 77.9 Å². The Balaban J connectivity index is 1.57. The van der Waals surface area contributed by atoms with E-state index < -0.39 is 5.97 Å². The highest BCUT2D eigenvalue weighted by molar-refractivity contribution is 5.80. The van der Waals surface area contributed by atoms with Gasteiger partial charge < -0.3 is 14.9 Å². The second-order valence-electron chi connectivity index (χ2n) is 8.07. The molecule has 6 nitrogen and oxygen atoms in total. The molecule has 1 N–H and O–H groups in total. The van der Waals surface area contributed by atoms with Gasteiger partial charge in [0.15, 0.2) is 0 Å². The molecule has 0 aromatic heterocycles. The van der Waals surface area contributed by atoms with E-state index >= 15 is 0 Å². The molecule has 28 heavy (non-hydrogen) atoms. The van der Waals surface area contributed by atoms with Crippen molar-refractivity contribution in [3.8, 4) is 0 Å². The second kappa shape index (κ2) is 9.22. The Kier molecular flexibility index (Phi) is 6.70. The average molecular weight is 386 g/mol. The van der Waals surface area contributed by atoms with Gasteiger partial charge in [-0.25, -0.2) is 0 Å². The fourth-order valence-electron chi connectivity index (χ4n) is 4.75. The first-order chi connectivity index (χ1) is 13.5. The summed E-state index contributed by atoms with van der Waals surface area (Å²) < 4.78 is 0. The Morgan fingerprint density at radius 1 is 1.07 bits per heavy atom. The van der Waals surface area contributed by atoms with Crippen molar-refractivity contribution in [2.45, 2.75) is 57.4 Å². The van der Waals surface area contributed by atoms with Crippen LogP contribution in [0.4, 0.5) is 0 Å². The molecule has 2 fully saturated rings. The molecule has 1 aliphatic heterocycles.